The van der Waals surface area contributed by atoms with E-state index in [4.69, 9.17) is 16.3 Å². The van der Waals surface area contributed by atoms with Gasteiger partial charge in [-0.15, -0.1) is 0 Å². The summed E-state index contributed by atoms with van der Waals surface area (Å²) < 4.78 is 7.26. The van der Waals surface area contributed by atoms with Gasteiger partial charge in [0.05, 0.1) is 18.9 Å². The van der Waals surface area contributed by atoms with E-state index in [2.05, 4.69) is 9.88 Å². The minimum absolute atomic E-state index is 0.706. The Morgan fingerprint density at radius 3 is 2.89 bits per heavy atom. The highest BCUT2D eigenvalue weighted by Crippen LogP contribution is 2.14. The molecule has 1 aliphatic heterocycles. The number of nitrogens with zero attached hydrogens (tertiary/aromatic N) is 3. The quantitative estimate of drug-likeness (QED) is 0.794. The summed E-state index contributed by atoms with van der Waals surface area (Å²) in [5.74, 6) is 0. The molecule has 18 heavy (non-hydrogen) atoms. The summed E-state index contributed by atoms with van der Waals surface area (Å²) in [6, 6.07) is 5.78. The largest absolute Gasteiger partial charge is 0.379 e. The summed E-state index contributed by atoms with van der Waals surface area (Å²) >= 11 is 6.12. The summed E-state index contributed by atoms with van der Waals surface area (Å²) in [5, 5.41) is 0.706. The lowest BCUT2D eigenvalue weighted by Gasteiger charge is -2.26. The average Bonchev–Trinajstić information content (AvgIpc) is 2.82. The monoisotopic (exact) mass is 265 g/mol. The maximum Gasteiger partial charge on any atom is 0.138 e. The van der Waals surface area contributed by atoms with E-state index < -0.39 is 0 Å². The van der Waals surface area contributed by atoms with Gasteiger partial charge in [-0.1, -0.05) is 17.7 Å². The van der Waals surface area contributed by atoms with Crippen molar-refractivity contribution < 1.29 is 4.74 Å². The Labute approximate surface area is 111 Å². The predicted molar refractivity (Wildman–Crippen MR) is 71.2 cm³/mol. The molecule has 2 aromatic heterocycles. The molecule has 0 N–H and O–H groups in total. The van der Waals surface area contributed by atoms with Crippen molar-refractivity contribution in [2.75, 3.05) is 32.8 Å². The van der Waals surface area contributed by atoms with Crippen molar-refractivity contribution in [2.24, 2.45) is 0 Å². The molecule has 96 valence electrons. The van der Waals surface area contributed by atoms with Gasteiger partial charge in [-0.3, -0.25) is 9.30 Å². The first-order valence-electron chi connectivity index (χ1n) is 6.25. The fourth-order valence-corrected chi connectivity index (χ4v) is 2.45. The van der Waals surface area contributed by atoms with E-state index in [9.17, 15) is 0 Å². The molecule has 5 heteroatoms. The fraction of sp³-hybridized carbons (Fsp3) is 0.462. The lowest BCUT2D eigenvalue weighted by molar-refractivity contribution is 0.0383. The highest BCUT2D eigenvalue weighted by Gasteiger charge is 2.11. The Kier molecular flexibility index (Phi) is 3.50. The number of pyridine rings is 1. The van der Waals surface area contributed by atoms with Crippen LogP contribution in [0.4, 0.5) is 0 Å². The first-order valence-corrected chi connectivity index (χ1v) is 6.63. The van der Waals surface area contributed by atoms with Crippen molar-refractivity contribution in [1.29, 1.82) is 0 Å². The molecule has 0 saturated carbocycles. The summed E-state index contributed by atoms with van der Waals surface area (Å²) in [7, 11) is 0. The van der Waals surface area contributed by atoms with Gasteiger partial charge in [-0.2, -0.15) is 0 Å². The van der Waals surface area contributed by atoms with E-state index in [0.717, 1.165) is 50.6 Å². The second kappa shape index (κ2) is 5.26. The molecule has 0 unspecified atom stereocenters. The Bertz CT molecular complexity index is 534. The van der Waals surface area contributed by atoms with E-state index in [-0.39, 0.29) is 0 Å². The molecule has 3 rings (SSSR count). The molecular formula is C13H16ClN3O. The van der Waals surface area contributed by atoms with Gasteiger partial charge in [0.1, 0.15) is 10.8 Å². The van der Waals surface area contributed by atoms with Gasteiger partial charge in [0.25, 0.3) is 0 Å². The van der Waals surface area contributed by atoms with Crippen LogP contribution in [0.5, 0.6) is 0 Å². The highest BCUT2D eigenvalue weighted by atomic mass is 35.5. The molecule has 2 aromatic rings. The summed E-state index contributed by atoms with van der Waals surface area (Å²) in [6.07, 6.45) is 2.98. The second-order valence-electron chi connectivity index (χ2n) is 4.51. The highest BCUT2D eigenvalue weighted by molar-refractivity contribution is 6.29. The third-order valence-corrected chi connectivity index (χ3v) is 3.59. The van der Waals surface area contributed by atoms with E-state index >= 15 is 0 Å². The first kappa shape index (κ1) is 12.0. The normalized spacial score (nSPS) is 17.4. The molecule has 0 atom stereocenters. The SMILES string of the molecule is Clc1cccc2nc(CCN3CCOCC3)cn12. The van der Waals surface area contributed by atoms with Gasteiger partial charge in [0.15, 0.2) is 0 Å². The van der Waals surface area contributed by atoms with Crippen molar-refractivity contribution in [3.8, 4) is 0 Å². The van der Waals surface area contributed by atoms with Crippen LogP contribution < -0.4 is 0 Å². The molecule has 0 spiro atoms. The molecule has 0 aliphatic carbocycles. The van der Waals surface area contributed by atoms with Gasteiger partial charge in [-0.05, 0) is 12.1 Å². The van der Waals surface area contributed by atoms with E-state index in [1.165, 1.54) is 0 Å². The van der Waals surface area contributed by atoms with Crippen LogP contribution in [0.1, 0.15) is 5.69 Å². The number of imidazole rings is 1. The summed E-state index contributed by atoms with van der Waals surface area (Å²) in [6.45, 7) is 4.76. The van der Waals surface area contributed by atoms with Crippen molar-refractivity contribution >= 4 is 17.2 Å². The minimum atomic E-state index is 0.706. The Morgan fingerprint density at radius 2 is 2.11 bits per heavy atom. The van der Waals surface area contributed by atoms with E-state index in [1.54, 1.807) is 0 Å². The molecule has 0 aromatic carbocycles. The zero-order valence-corrected chi connectivity index (χ0v) is 10.9. The van der Waals surface area contributed by atoms with Crippen LogP contribution in [-0.2, 0) is 11.2 Å². The second-order valence-corrected chi connectivity index (χ2v) is 4.90. The smallest absolute Gasteiger partial charge is 0.138 e. The topological polar surface area (TPSA) is 29.8 Å². The standard InChI is InChI=1S/C13H16ClN3O/c14-12-2-1-3-13-15-11(10-17(12)13)4-5-16-6-8-18-9-7-16/h1-3,10H,4-9H2. The first-order chi connectivity index (χ1) is 8.83. The molecular weight excluding hydrogens is 250 g/mol. The molecule has 3 heterocycles. The number of fused-ring (bicyclic) bond motifs is 1. The fourth-order valence-electron chi connectivity index (χ4n) is 2.25. The zero-order valence-electron chi connectivity index (χ0n) is 10.2. The Hall–Kier alpha value is -1.10. The van der Waals surface area contributed by atoms with Crippen LogP contribution in [0.25, 0.3) is 5.65 Å². The van der Waals surface area contributed by atoms with E-state index in [0.29, 0.717) is 5.15 Å². The third-order valence-electron chi connectivity index (χ3n) is 3.28. The number of ether oxygens (including phenoxy) is 1. The predicted octanol–water partition coefficient (Wildman–Crippen LogP) is 1.86. The van der Waals surface area contributed by atoms with Crippen LogP contribution >= 0.6 is 11.6 Å². The zero-order chi connectivity index (χ0) is 12.4. The van der Waals surface area contributed by atoms with Gasteiger partial charge >= 0.3 is 0 Å². The van der Waals surface area contributed by atoms with Crippen LogP contribution in [0.3, 0.4) is 0 Å². The number of aromatic nitrogens is 2. The molecule has 0 radical (unpaired) electrons. The number of rotatable bonds is 3. The summed E-state index contributed by atoms with van der Waals surface area (Å²) in [5.41, 5.74) is 2.01. The number of hydrogen-bond acceptors (Lipinski definition) is 3. The van der Waals surface area contributed by atoms with Crippen molar-refractivity contribution in [1.82, 2.24) is 14.3 Å². The average molecular weight is 266 g/mol. The van der Waals surface area contributed by atoms with Crippen molar-refractivity contribution in [3.05, 3.63) is 35.2 Å². The number of halogens is 1. The number of hydrogen-bond donors (Lipinski definition) is 0. The Morgan fingerprint density at radius 1 is 1.28 bits per heavy atom. The van der Waals surface area contributed by atoms with Crippen LogP contribution in [0.2, 0.25) is 5.15 Å². The molecule has 1 aliphatic rings. The molecule has 0 amide bonds. The third kappa shape index (κ3) is 2.51. The van der Waals surface area contributed by atoms with Gasteiger partial charge in [0, 0.05) is 32.3 Å². The maximum absolute atomic E-state index is 6.12. The Balaban J connectivity index is 1.69. The van der Waals surface area contributed by atoms with Gasteiger partial charge < -0.3 is 4.74 Å². The lowest BCUT2D eigenvalue weighted by atomic mass is 10.3. The van der Waals surface area contributed by atoms with Crippen molar-refractivity contribution in [2.45, 2.75) is 6.42 Å². The molecule has 4 nitrogen and oxygen atoms in total. The van der Waals surface area contributed by atoms with E-state index in [1.807, 2.05) is 28.8 Å². The lowest BCUT2D eigenvalue weighted by Crippen LogP contribution is -2.37. The van der Waals surface area contributed by atoms with Gasteiger partial charge in [-0.25, -0.2) is 4.98 Å². The maximum atomic E-state index is 6.12. The summed E-state index contributed by atoms with van der Waals surface area (Å²) in [4.78, 5) is 6.99. The van der Waals surface area contributed by atoms with Gasteiger partial charge in [0.2, 0.25) is 0 Å². The molecule has 0 bridgehead atoms. The minimum Gasteiger partial charge on any atom is -0.379 e. The number of morpholine rings is 1. The van der Waals surface area contributed by atoms with Crippen LogP contribution in [-0.4, -0.2) is 47.1 Å². The van der Waals surface area contributed by atoms with Crippen molar-refractivity contribution in [3.63, 3.8) is 0 Å². The molecule has 1 fully saturated rings. The molecule has 1 saturated heterocycles. The van der Waals surface area contributed by atoms with Crippen LogP contribution in [0, 0.1) is 0 Å². The van der Waals surface area contributed by atoms with Crippen LogP contribution in [0.15, 0.2) is 24.4 Å².